The Labute approximate surface area is 75.3 Å². The summed E-state index contributed by atoms with van der Waals surface area (Å²) in [6, 6.07) is 8.84. The minimum absolute atomic E-state index is 0.387. The number of hydroxylamine groups is 1. The molecule has 1 aromatic rings. The summed E-state index contributed by atoms with van der Waals surface area (Å²) in [5.41, 5.74) is 0.693. The predicted molar refractivity (Wildman–Crippen MR) is 47.7 cm³/mol. The van der Waals surface area contributed by atoms with Crippen LogP contribution in [0.5, 0.6) is 0 Å². The van der Waals surface area contributed by atoms with Crippen LogP contribution in [0.3, 0.4) is 0 Å². The van der Waals surface area contributed by atoms with Crippen molar-refractivity contribution >= 4 is 12.2 Å². The number of carboxylic acids is 1. The molecule has 0 unspecified atom stereocenters. The van der Waals surface area contributed by atoms with E-state index in [0.717, 1.165) is 0 Å². The Balaban J connectivity index is 2.71. The first-order chi connectivity index (χ1) is 6.18. The van der Waals surface area contributed by atoms with Gasteiger partial charge in [0.2, 0.25) is 6.54 Å². The molecule has 0 saturated carbocycles. The molecule has 0 atom stereocenters. The van der Waals surface area contributed by atoms with Crippen molar-refractivity contribution in [2.45, 2.75) is 0 Å². The van der Waals surface area contributed by atoms with E-state index in [4.69, 9.17) is 5.11 Å². The minimum atomic E-state index is -1.14. The van der Waals surface area contributed by atoms with Crippen molar-refractivity contribution < 1.29 is 14.6 Å². The van der Waals surface area contributed by atoms with Crippen LogP contribution in [0, 0.1) is 5.21 Å². The van der Waals surface area contributed by atoms with Crippen molar-refractivity contribution in [1.82, 2.24) is 0 Å². The molecule has 1 aromatic carbocycles. The number of aliphatic carboxylic acids is 1. The van der Waals surface area contributed by atoms with Crippen LogP contribution in [0.2, 0.25) is 0 Å². The van der Waals surface area contributed by atoms with Gasteiger partial charge in [0.25, 0.3) is 0 Å². The molecule has 1 rings (SSSR count). The molecule has 0 bridgehead atoms. The lowest BCUT2D eigenvalue weighted by Crippen LogP contribution is -2.16. The summed E-state index contributed by atoms with van der Waals surface area (Å²) in [4.78, 5) is 10.1. The third-order valence-electron chi connectivity index (χ3n) is 1.38. The second kappa shape index (κ2) is 4.25. The fourth-order valence-electron chi connectivity index (χ4n) is 0.884. The van der Waals surface area contributed by atoms with Crippen LogP contribution < -0.4 is 0 Å². The molecule has 0 aromatic heterocycles. The largest absolute Gasteiger partial charge is 0.623 e. The maximum atomic E-state index is 10.9. The Hall–Kier alpha value is -1.84. The van der Waals surface area contributed by atoms with Gasteiger partial charge in [0.05, 0.1) is 0 Å². The van der Waals surface area contributed by atoms with Crippen LogP contribution >= 0.6 is 0 Å². The number of hydrogen-bond donors (Lipinski definition) is 1. The molecule has 0 heterocycles. The van der Waals surface area contributed by atoms with Crippen LogP contribution in [0.25, 0.3) is 0 Å². The lowest BCUT2D eigenvalue weighted by molar-refractivity contribution is -0.442. The van der Waals surface area contributed by atoms with Gasteiger partial charge in [0, 0.05) is 5.56 Å². The van der Waals surface area contributed by atoms with Crippen LogP contribution in [-0.4, -0.2) is 28.6 Å². The highest BCUT2D eigenvalue weighted by molar-refractivity contribution is 5.76. The molecular formula is C9H9NO3. The smallest absolute Gasteiger partial charge is 0.371 e. The first-order valence-corrected chi connectivity index (χ1v) is 3.74. The van der Waals surface area contributed by atoms with Crippen molar-refractivity contribution in [3.63, 3.8) is 0 Å². The number of hydrogen-bond acceptors (Lipinski definition) is 2. The van der Waals surface area contributed by atoms with Crippen molar-refractivity contribution in [2.24, 2.45) is 0 Å². The number of rotatable bonds is 3. The van der Waals surface area contributed by atoms with E-state index in [2.05, 4.69) is 0 Å². The van der Waals surface area contributed by atoms with E-state index in [-0.39, 0.29) is 0 Å². The number of carbonyl (C=O) groups is 1. The summed E-state index contributed by atoms with van der Waals surface area (Å²) in [7, 11) is 0. The molecule has 0 aliphatic carbocycles. The molecule has 0 aliphatic heterocycles. The topological polar surface area (TPSA) is 63.4 Å². The highest BCUT2D eigenvalue weighted by Gasteiger charge is 2.01. The molecule has 4 heteroatoms. The van der Waals surface area contributed by atoms with Gasteiger partial charge in [0.15, 0.2) is 6.21 Å². The van der Waals surface area contributed by atoms with Gasteiger partial charge < -0.3 is 10.3 Å². The van der Waals surface area contributed by atoms with E-state index in [1.54, 1.807) is 24.3 Å². The van der Waals surface area contributed by atoms with Gasteiger partial charge in [0.1, 0.15) is 0 Å². The van der Waals surface area contributed by atoms with Crippen LogP contribution in [-0.2, 0) is 4.79 Å². The monoisotopic (exact) mass is 179 g/mol. The zero-order valence-corrected chi connectivity index (χ0v) is 6.88. The maximum absolute atomic E-state index is 10.9. The molecule has 0 aliphatic rings. The first-order valence-electron chi connectivity index (χ1n) is 3.74. The summed E-state index contributed by atoms with van der Waals surface area (Å²) < 4.78 is 0.387. The van der Waals surface area contributed by atoms with Crippen molar-refractivity contribution in [2.75, 3.05) is 6.54 Å². The van der Waals surface area contributed by atoms with Gasteiger partial charge in [-0.1, -0.05) is 18.2 Å². The number of nitrogens with zero attached hydrogens (tertiary/aromatic N) is 1. The summed E-state index contributed by atoms with van der Waals surface area (Å²) in [6.07, 6.45) is 1.24. The van der Waals surface area contributed by atoms with Gasteiger partial charge >= 0.3 is 5.97 Å². The number of benzene rings is 1. The fraction of sp³-hybridized carbons (Fsp3) is 0.111. The Morgan fingerprint density at radius 3 is 2.62 bits per heavy atom. The molecule has 0 saturated heterocycles. The average molecular weight is 179 g/mol. The Morgan fingerprint density at radius 2 is 2.08 bits per heavy atom. The van der Waals surface area contributed by atoms with Gasteiger partial charge in [-0.05, 0) is 12.1 Å². The summed E-state index contributed by atoms with van der Waals surface area (Å²) >= 11 is 0. The average Bonchev–Trinajstić information content (AvgIpc) is 2.04. The summed E-state index contributed by atoms with van der Waals surface area (Å²) in [5.74, 6) is -1.14. The quantitative estimate of drug-likeness (QED) is 0.321. The van der Waals surface area contributed by atoms with E-state index >= 15 is 0 Å². The molecule has 1 N–H and O–H groups in total. The second-order valence-corrected chi connectivity index (χ2v) is 2.51. The van der Waals surface area contributed by atoms with Crippen molar-refractivity contribution in [1.29, 1.82) is 0 Å². The number of carboxylic acid groups (broad SMARTS) is 1. The fourth-order valence-corrected chi connectivity index (χ4v) is 0.884. The third kappa shape index (κ3) is 3.37. The molecule has 13 heavy (non-hydrogen) atoms. The SMILES string of the molecule is O=C(O)C/[N+]([O-])=C/c1ccccc1. The van der Waals surface area contributed by atoms with Gasteiger partial charge in [-0.25, -0.2) is 4.79 Å². The highest BCUT2D eigenvalue weighted by Crippen LogP contribution is 1.93. The Morgan fingerprint density at radius 1 is 1.46 bits per heavy atom. The van der Waals surface area contributed by atoms with Crippen LogP contribution in [0.15, 0.2) is 30.3 Å². The van der Waals surface area contributed by atoms with Crippen LogP contribution in [0.1, 0.15) is 5.56 Å². The second-order valence-electron chi connectivity index (χ2n) is 2.51. The molecule has 0 radical (unpaired) electrons. The van der Waals surface area contributed by atoms with Gasteiger partial charge in [-0.2, -0.15) is 4.74 Å². The predicted octanol–water partition coefficient (Wildman–Crippen LogP) is 0.700. The molecular weight excluding hydrogens is 170 g/mol. The standard InChI is InChI=1S/C9H9NO3/c11-9(12)7-10(13)6-8-4-2-1-3-5-8/h1-6H,7H2,(H,11,12)/b10-6-. The molecule has 0 amide bonds. The Bertz CT molecular complexity index is 319. The summed E-state index contributed by atoms with van der Waals surface area (Å²) in [6.45, 7) is -0.533. The van der Waals surface area contributed by atoms with Gasteiger partial charge in [-0.3, -0.25) is 0 Å². The maximum Gasteiger partial charge on any atom is 0.371 e. The Kier molecular flexibility index (Phi) is 3.03. The lowest BCUT2D eigenvalue weighted by Gasteiger charge is -1.99. The van der Waals surface area contributed by atoms with E-state index in [1.165, 1.54) is 6.21 Å². The minimum Gasteiger partial charge on any atom is -0.623 e. The zero-order valence-electron chi connectivity index (χ0n) is 6.88. The highest BCUT2D eigenvalue weighted by atomic mass is 16.5. The van der Waals surface area contributed by atoms with E-state index < -0.39 is 12.5 Å². The van der Waals surface area contributed by atoms with Crippen LogP contribution in [0.4, 0.5) is 0 Å². The van der Waals surface area contributed by atoms with Crippen molar-refractivity contribution in [3.05, 3.63) is 41.1 Å². The first kappa shape index (κ1) is 9.25. The zero-order chi connectivity index (χ0) is 9.68. The van der Waals surface area contributed by atoms with E-state index in [1.807, 2.05) is 6.07 Å². The summed E-state index contributed by atoms with van der Waals surface area (Å²) in [5, 5.41) is 19.2. The van der Waals surface area contributed by atoms with E-state index in [0.29, 0.717) is 10.3 Å². The molecule has 0 fully saturated rings. The molecule has 68 valence electrons. The molecule has 4 nitrogen and oxygen atoms in total. The molecule has 0 spiro atoms. The lowest BCUT2D eigenvalue weighted by atomic mass is 10.2. The normalized spacial score (nSPS) is 11.2. The third-order valence-corrected chi connectivity index (χ3v) is 1.38. The van der Waals surface area contributed by atoms with E-state index in [9.17, 15) is 10.0 Å². The van der Waals surface area contributed by atoms with Gasteiger partial charge in [-0.15, -0.1) is 0 Å². The van der Waals surface area contributed by atoms with Crippen molar-refractivity contribution in [3.8, 4) is 0 Å².